The van der Waals surface area contributed by atoms with Gasteiger partial charge >= 0.3 is 39.5 Å². The van der Waals surface area contributed by atoms with Gasteiger partial charge in [0.15, 0.2) is 12.2 Å². The van der Waals surface area contributed by atoms with Crippen LogP contribution >= 0.6 is 15.6 Å². The fourth-order valence-corrected chi connectivity index (χ4v) is 13.3. The molecule has 3 unspecified atom stereocenters. The lowest BCUT2D eigenvalue weighted by Crippen LogP contribution is -2.30. The maximum atomic E-state index is 13.1. The lowest BCUT2D eigenvalue weighted by Gasteiger charge is -2.21. The molecular formula is C76H148O17P2. The third-order valence-electron chi connectivity index (χ3n) is 18.1. The van der Waals surface area contributed by atoms with Gasteiger partial charge in [0.05, 0.1) is 26.4 Å². The minimum atomic E-state index is -4.96. The molecule has 0 heterocycles. The molecule has 0 aliphatic rings. The first kappa shape index (κ1) is 93.1. The van der Waals surface area contributed by atoms with E-state index in [-0.39, 0.29) is 25.7 Å². The van der Waals surface area contributed by atoms with Crippen LogP contribution < -0.4 is 0 Å². The zero-order valence-electron chi connectivity index (χ0n) is 61.8. The van der Waals surface area contributed by atoms with Crippen molar-refractivity contribution < 1.29 is 80.2 Å². The summed E-state index contributed by atoms with van der Waals surface area (Å²) in [5, 5.41) is 10.6. The van der Waals surface area contributed by atoms with Crippen molar-refractivity contribution in [3.63, 3.8) is 0 Å². The molecular weight excluding hydrogens is 1250 g/mol. The molecule has 0 rings (SSSR count). The first-order valence-corrected chi connectivity index (χ1v) is 42.7. The van der Waals surface area contributed by atoms with E-state index in [0.717, 1.165) is 102 Å². The number of carbonyl (C=O) groups is 4. The topological polar surface area (TPSA) is 237 Å². The van der Waals surface area contributed by atoms with Gasteiger partial charge in [0, 0.05) is 25.7 Å². The Morgan fingerprint density at radius 3 is 0.747 bits per heavy atom. The lowest BCUT2D eigenvalue weighted by molar-refractivity contribution is -0.161. The van der Waals surface area contributed by atoms with Crippen LogP contribution in [0.2, 0.25) is 0 Å². The second kappa shape index (κ2) is 69.2. The molecule has 0 aromatic rings. The Kier molecular flexibility index (Phi) is 67.7. The van der Waals surface area contributed by atoms with E-state index in [1.807, 2.05) is 0 Å². The fourth-order valence-electron chi connectivity index (χ4n) is 11.7. The summed E-state index contributed by atoms with van der Waals surface area (Å²) < 4.78 is 68.5. The van der Waals surface area contributed by atoms with Crippen LogP contribution in [0.3, 0.4) is 0 Å². The number of unbranched alkanes of at least 4 members (excludes halogenated alkanes) is 47. The van der Waals surface area contributed by atoms with Gasteiger partial charge in [-0.15, -0.1) is 0 Å². The number of phosphoric ester groups is 2. The first-order valence-electron chi connectivity index (χ1n) is 39.7. The Hall–Kier alpha value is -1.94. The smallest absolute Gasteiger partial charge is 0.462 e. The Morgan fingerprint density at radius 2 is 0.505 bits per heavy atom. The molecule has 19 heteroatoms. The van der Waals surface area contributed by atoms with E-state index in [4.69, 9.17) is 37.0 Å². The monoisotopic (exact) mass is 1400 g/mol. The Balaban J connectivity index is 5.21. The summed E-state index contributed by atoms with van der Waals surface area (Å²) >= 11 is 0. The highest BCUT2D eigenvalue weighted by Gasteiger charge is 2.30. The predicted octanol–water partition coefficient (Wildman–Crippen LogP) is 22.5. The van der Waals surface area contributed by atoms with Gasteiger partial charge in [-0.3, -0.25) is 37.3 Å². The molecule has 0 amide bonds. The number of aliphatic hydroxyl groups is 1. The highest BCUT2D eigenvalue weighted by Crippen LogP contribution is 2.45. The van der Waals surface area contributed by atoms with Crippen molar-refractivity contribution in [2.24, 2.45) is 5.92 Å². The van der Waals surface area contributed by atoms with Crippen LogP contribution in [-0.4, -0.2) is 96.7 Å². The van der Waals surface area contributed by atoms with Crippen LogP contribution in [0.25, 0.3) is 0 Å². The molecule has 0 saturated carbocycles. The number of hydrogen-bond donors (Lipinski definition) is 3. The third-order valence-corrected chi connectivity index (χ3v) is 20.0. The molecule has 0 spiro atoms. The lowest BCUT2D eigenvalue weighted by atomic mass is 10.00. The SMILES string of the molecule is CCCCCCCCCCCCCCCCCCCCCCC(=O)O[C@H](COC(=O)CCCCCCCCCCCCCCC)COP(=O)(O)OC[C@@H](O)COP(=O)(O)OC[C@@H](COC(=O)CCCCCCCCC(C)CC)OC(=O)CCCCCCCCCCCCCC. The molecule has 0 saturated heterocycles. The Bertz CT molecular complexity index is 1820. The predicted molar refractivity (Wildman–Crippen MR) is 386 cm³/mol. The van der Waals surface area contributed by atoms with Crippen molar-refractivity contribution >= 4 is 39.5 Å². The fraction of sp³-hybridized carbons (Fsp3) is 0.947. The molecule has 0 aromatic carbocycles. The minimum absolute atomic E-state index is 0.107. The van der Waals surface area contributed by atoms with Gasteiger partial charge in [0.1, 0.15) is 19.3 Å². The molecule has 17 nitrogen and oxygen atoms in total. The molecule has 0 aliphatic heterocycles. The average molecular weight is 1400 g/mol. The van der Waals surface area contributed by atoms with E-state index < -0.39 is 97.5 Å². The number of rotatable bonds is 76. The summed E-state index contributed by atoms with van der Waals surface area (Å²) in [6.45, 7) is 7.25. The van der Waals surface area contributed by atoms with E-state index in [0.29, 0.717) is 25.7 Å². The summed E-state index contributed by atoms with van der Waals surface area (Å²) in [4.78, 5) is 72.8. The molecule has 0 bridgehead atoms. The van der Waals surface area contributed by atoms with Crippen molar-refractivity contribution in [1.29, 1.82) is 0 Å². The van der Waals surface area contributed by atoms with Crippen LogP contribution in [0, 0.1) is 5.92 Å². The number of esters is 4. The maximum absolute atomic E-state index is 13.1. The Morgan fingerprint density at radius 1 is 0.295 bits per heavy atom. The van der Waals surface area contributed by atoms with Crippen molar-refractivity contribution in [3.05, 3.63) is 0 Å². The Labute approximate surface area is 581 Å². The van der Waals surface area contributed by atoms with E-state index in [1.165, 1.54) is 218 Å². The maximum Gasteiger partial charge on any atom is 0.472 e. The average Bonchev–Trinajstić information content (AvgIpc) is 1.62. The quantitative estimate of drug-likeness (QED) is 0.0222. The number of aliphatic hydroxyl groups excluding tert-OH is 1. The molecule has 3 N–H and O–H groups in total. The van der Waals surface area contributed by atoms with Gasteiger partial charge in [0.25, 0.3) is 0 Å². The number of carbonyl (C=O) groups excluding carboxylic acids is 4. The largest absolute Gasteiger partial charge is 0.472 e. The normalized spacial score (nSPS) is 14.2. The standard InChI is InChI=1S/C76H148O17P2/c1-6-10-13-16-19-22-25-28-29-30-31-32-33-34-36-39-42-45-52-57-62-76(81)92-71(65-86-73(78)59-54-49-43-40-38-35-26-23-20-17-14-11-7-2)67-90-94(82,83)88-63-70(77)64-89-95(84,85)91-68-72(66-87-74(79)60-55-50-47-46-48-53-58-69(5)9-4)93-75(80)61-56-51-44-41-37-27-24-21-18-15-12-8-3/h69-72,77H,6-68H2,1-5H3,(H,82,83)(H,84,85)/t69?,70-,71-,72-/m1/s1. The van der Waals surface area contributed by atoms with Crippen molar-refractivity contribution in [3.8, 4) is 0 Å². The molecule has 564 valence electrons. The van der Waals surface area contributed by atoms with E-state index >= 15 is 0 Å². The van der Waals surface area contributed by atoms with Crippen LogP contribution in [0.5, 0.6) is 0 Å². The molecule has 95 heavy (non-hydrogen) atoms. The van der Waals surface area contributed by atoms with Crippen LogP contribution in [-0.2, 0) is 65.4 Å². The molecule has 6 atom stereocenters. The van der Waals surface area contributed by atoms with Gasteiger partial charge in [0.2, 0.25) is 0 Å². The minimum Gasteiger partial charge on any atom is -0.462 e. The highest BCUT2D eigenvalue weighted by molar-refractivity contribution is 7.47. The van der Waals surface area contributed by atoms with Gasteiger partial charge in [-0.25, -0.2) is 9.13 Å². The first-order chi connectivity index (χ1) is 46.1. The summed E-state index contributed by atoms with van der Waals surface area (Å²) in [5.74, 6) is -1.38. The summed E-state index contributed by atoms with van der Waals surface area (Å²) in [6.07, 6.45) is 58.3. The second-order valence-electron chi connectivity index (χ2n) is 27.6. The molecule has 0 aromatic heterocycles. The van der Waals surface area contributed by atoms with Gasteiger partial charge < -0.3 is 33.8 Å². The highest BCUT2D eigenvalue weighted by atomic mass is 31.2. The summed E-state index contributed by atoms with van der Waals surface area (Å²) in [7, 11) is -9.91. The van der Waals surface area contributed by atoms with Crippen LogP contribution in [0.15, 0.2) is 0 Å². The van der Waals surface area contributed by atoms with Crippen LogP contribution in [0.4, 0.5) is 0 Å². The second-order valence-corrected chi connectivity index (χ2v) is 30.5. The van der Waals surface area contributed by atoms with Crippen molar-refractivity contribution in [2.75, 3.05) is 39.6 Å². The van der Waals surface area contributed by atoms with E-state index in [1.54, 1.807) is 0 Å². The molecule has 0 fully saturated rings. The van der Waals surface area contributed by atoms with Gasteiger partial charge in [-0.1, -0.05) is 349 Å². The number of hydrogen-bond acceptors (Lipinski definition) is 15. The van der Waals surface area contributed by atoms with Gasteiger partial charge in [-0.2, -0.15) is 0 Å². The van der Waals surface area contributed by atoms with E-state index in [9.17, 15) is 43.2 Å². The zero-order chi connectivity index (χ0) is 69.8. The summed E-state index contributed by atoms with van der Waals surface area (Å²) in [5.41, 5.74) is 0. The van der Waals surface area contributed by atoms with Crippen molar-refractivity contribution in [2.45, 2.75) is 419 Å². The van der Waals surface area contributed by atoms with Gasteiger partial charge in [-0.05, 0) is 31.6 Å². The number of ether oxygens (including phenoxy) is 4. The van der Waals surface area contributed by atoms with Crippen LogP contribution in [0.1, 0.15) is 401 Å². The molecule has 0 aliphatic carbocycles. The number of phosphoric acid groups is 2. The summed E-state index contributed by atoms with van der Waals surface area (Å²) in [6, 6.07) is 0. The third kappa shape index (κ3) is 69.0. The van der Waals surface area contributed by atoms with Crippen molar-refractivity contribution in [1.82, 2.24) is 0 Å². The van der Waals surface area contributed by atoms with E-state index in [2.05, 4.69) is 34.6 Å². The molecule has 0 radical (unpaired) electrons. The zero-order valence-corrected chi connectivity index (χ0v) is 63.6.